The summed E-state index contributed by atoms with van der Waals surface area (Å²) in [6, 6.07) is 31.4. The maximum Gasteiger partial charge on any atom is 4.00 e. The Morgan fingerprint density at radius 1 is 0.564 bits per heavy atom. The monoisotopic (exact) mass is 588 g/mol. The van der Waals surface area contributed by atoms with Crippen LogP contribution in [0.25, 0.3) is 43.1 Å². The Balaban J connectivity index is 0.000000416. The molecule has 0 saturated heterocycles. The van der Waals surface area contributed by atoms with Gasteiger partial charge >= 0.3 is 26.2 Å². The van der Waals surface area contributed by atoms with E-state index in [1.54, 1.807) is 0 Å². The van der Waals surface area contributed by atoms with Gasteiger partial charge in [-0.1, -0.05) is 125 Å². The molecule has 0 N–H and O–H groups in total. The van der Waals surface area contributed by atoms with E-state index in [2.05, 4.69) is 126 Å². The minimum atomic E-state index is 0. The fraction of sp³-hybridized carbons (Fsp3) is 0.263. The van der Waals surface area contributed by atoms with Crippen molar-refractivity contribution in [3.8, 4) is 0 Å². The standard InChI is InChI=1S/C30H24.2C4H9.Zr/c1-19-17-23-13-11-21-7-3-5-9-27(21)29(23)25(19)15-16-26-20(2)18-24-14-12-22-8-4-6-10-28(22)30(24)26;2*1-3-4-2;/h3-14,17-18H,15-16H2,1-2H3;2*1,3-4H2,2H3;/q-2;2*-1;+4. The van der Waals surface area contributed by atoms with Gasteiger partial charge in [0, 0.05) is 0 Å². The summed E-state index contributed by atoms with van der Waals surface area (Å²) < 4.78 is 0. The minimum absolute atomic E-state index is 0. The van der Waals surface area contributed by atoms with Crippen LogP contribution >= 0.6 is 0 Å². The summed E-state index contributed by atoms with van der Waals surface area (Å²) in [6.45, 7) is 16.0. The summed E-state index contributed by atoms with van der Waals surface area (Å²) in [5.74, 6) is 0. The van der Waals surface area contributed by atoms with Crippen LogP contribution in [0.15, 0.2) is 84.9 Å². The predicted molar refractivity (Wildman–Crippen MR) is 172 cm³/mol. The summed E-state index contributed by atoms with van der Waals surface area (Å²) in [7, 11) is 0. The minimum Gasteiger partial charge on any atom is -0.343 e. The third-order valence-electron chi connectivity index (χ3n) is 7.55. The Hall–Kier alpha value is -2.50. The number of fused-ring (bicyclic) bond motifs is 6. The van der Waals surface area contributed by atoms with Crippen LogP contribution in [-0.2, 0) is 39.0 Å². The number of hydrogen-bond donors (Lipinski definition) is 0. The SMILES string of the molecule is Cc1[cH-]c2ccc3ccccc3c2c1CCc1c(C)[cH-]c2ccc3ccccc3c12.[CH2-]CCC.[CH2-]CCC.[Zr+4]. The van der Waals surface area contributed by atoms with E-state index in [1.165, 1.54) is 78.2 Å². The van der Waals surface area contributed by atoms with Gasteiger partial charge in [0.1, 0.15) is 0 Å². The molecular weight excluding hydrogens is 548 g/mol. The fourth-order valence-electron chi connectivity index (χ4n) is 5.42. The summed E-state index contributed by atoms with van der Waals surface area (Å²) in [5, 5.41) is 11.1. The van der Waals surface area contributed by atoms with Gasteiger partial charge in [0.15, 0.2) is 0 Å². The van der Waals surface area contributed by atoms with E-state index >= 15 is 0 Å². The van der Waals surface area contributed by atoms with Crippen molar-refractivity contribution in [2.75, 3.05) is 0 Å². The van der Waals surface area contributed by atoms with Crippen LogP contribution in [0.3, 0.4) is 0 Å². The van der Waals surface area contributed by atoms with Gasteiger partial charge in [0.2, 0.25) is 0 Å². The second-order valence-electron chi connectivity index (χ2n) is 10.3. The topological polar surface area (TPSA) is 0 Å². The molecule has 6 rings (SSSR count). The zero-order chi connectivity index (χ0) is 27.1. The maximum absolute atomic E-state index is 3.60. The summed E-state index contributed by atoms with van der Waals surface area (Å²) in [6.07, 6.45) is 6.71. The Morgan fingerprint density at radius 3 is 1.28 bits per heavy atom. The largest absolute Gasteiger partial charge is 4.00 e. The molecule has 0 nitrogen and oxygen atoms in total. The first kappa shape index (κ1) is 31.0. The van der Waals surface area contributed by atoms with Crippen LogP contribution in [0.2, 0.25) is 0 Å². The van der Waals surface area contributed by atoms with E-state index in [-0.39, 0.29) is 26.2 Å². The van der Waals surface area contributed by atoms with Crippen LogP contribution in [0.4, 0.5) is 0 Å². The van der Waals surface area contributed by atoms with Crippen molar-refractivity contribution in [3.63, 3.8) is 0 Å². The molecule has 0 fully saturated rings. The molecule has 39 heavy (non-hydrogen) atoms. The molecule has 0 aliphatic carbocycles. The Bertz CT molecular complexity index is 1500. The van der Waals surface area contributed by atoms with E-state index in [0.717, 1.165) is 25.7 Å². The van der Waals surface area contributed by atoms with Crippen molar-refractivity contribution in [1.82, 2.24) is 0 Å². The Kier molecular flexibility index (Phi) is 11.7. The molecule has 0 radical (unpaired) electrons. The van der Waals surface area contributed by atoms with Gasteiger partial charge in [0.25, 0.3) is 0 Å². The molecule has 6 aromatic rings. The van der Waals surface area contributed by atoms with Gasteiger partial charge in [-0.25, -0.2) is 0 Å². The molecule has 0 aliphatic heterocycles. The smallest absolute Gasteiger partial charge is 0.343 e. The number of unbranched alkanes of at least 4 members (excludes halogenated alkanes) is 2. The molecule has 0 aromatic heterocycles. The molecule has 1 heteroatoms. The quantitative estimate of drug-likeness (QED) is 0.175. The first-order chi connectivity index (χ1) is 18.5. The number of rotatable bonds is 5. The van der Waals surface area contributed by atoms with E-state index in [0.29, 0.717) is 0 Å². The first-order valence-electron chi connectivity index (χ1n) is 14.3. The molecule has 0 atom stereocenters. The van der Waals surface area contributed by atoms with Crippen LogP contribution in [0.5, 0.6) is 0 Å². The number of benzene rings is 4. The molecule has 0 saturated carbocycles. The zero-order valence-electron chi connectivity index (χ0n) is 24.2. The molecule has 0 heterocycles. The van der Waals surface area contributed by atoms with E-state index in [9.17, 15) is 0 Å². The molecule has 198 valence electrons. The van der Waals surface area contributed by atoms with Crippen molar-refractivity contribution >= 4 is 43.1 Å². The summed E-state index contributed by atoms with van der Waals surface area (Å²) in [5.41, 5.74) is 5.85. The molecule has 0 spiro atoms. The van der Waals surface area contributed by atoms with Crippen molar-refractivity contribution in [1.29, 1.82) is 0 Å². The van der Waals surface area contributed by atoms with Crippen molar-refractivity contribution in [2.45, 2.75) is 66.2 Å². The second kappa shape index (κ2) is 14.8. The average Bonchev–Trinajstić information content (AvgIpc) is 3.47. The van der Waals surface area contributed by atoms with Crippen molar-refractivity contribution in [2.24, 2.45) is 0 Å². The van der Waals surface area contributed by atoms with Crippen LogP contribution in [0, 0.1) is 27.7 Å². The fourth-order valence-corrected chi connectivity index (χ4v) is 5.42. The van der Waals surface area contributed by atoms with E-state index in [4.69, 9.17) is 0 Å². The van der Waals surface area contributed by atoms with E-state index < -0.39 is 0 Å². The molecular formula is C38H42Zr. The molecule has 0 aliphatic rings. The van der Waals surface area contributed by atoms with Gasteiger partial charge in [-0.3, -0.25) is 0 Å². The number of hydrogen-bond acceptors (Lipinski definition) is 0. The molecule has 6 aromatic carbocycles. The zero-order valence-corrected chi connectivity index (χ0v) is 26.7. The maximum atomic E-state index is 3.60. The van der Waals surface area contributed by atoms with Gasteiger partial charge in [-0.05, 0) is 10.8 Å². The first-order valence-corrected chi connectivity index (χ1v) is 14.3. The molecule has 0 amide bonds. The number of aryl methyl sites for hydroxylation is 4. The van der Waals surface area contributed by atoms with Gasteiger partial charge in [-0.15, -0.1) is 56.9 Å². The third kappa shape index (κ3) is 6.81. The van der Waals surface area contributed by atoms with Crippen molar-refractivity contribution in [3.05, 3.63) is 121 Å². The van der Waals surface area contributed by atoms with Crippen LogP contribution in [-0.4, -0.2) is 0 Å². The van der Waals surface area contributed by atoms with Gasteiger partial charge < -0.3 is 13.8 Å². The van der Waals surface area contributed by atoms with E-state index in [1.807, 2.05) is 0 Å². The van der Waals surface area contributed by atoms with Gasteiger partial charge in [0.05, 0.1) is 0 Å². The summed E-state index contributed by atoms with van der Waals surface area (Å²) in [4.78, 5) is 0. The Labute approximate surface area is 255 Å². The predicted octanol–water partition coefficient (Wildman–Crippen LogP) is 11.4. The van der Waals surface area contributed by atoms with Crippen LogP contribution in [0.1, 0.15) is 61.8 Å². The third-order valence-corrected chi connectivity index (χ3v) is 7.55. The summed E-state index contributed by atoms with van der Waals surface area (Å²) >= 11 is 0. The van der Waals surface area contributed by atoms with Gasteiger partial charge in [-0.2, -0.15) is 24.0 Å². The molecule has 0 unspecified atom stereocenters. The second-order valence-corrected chi connectivity index (χ2v) is 10.3. The van der Waals surface area contributed by atoms with Crippen molar-refractivity contribution < 1.29 is 26.2 Å². The molecule has 0 bridgehead atoms. The van der Waals surface area contributed by atoms with Crippen LogP contribution < -0.4 is 0 Å². The normalized spacial score (nSPS) is 10.7. The Morgan fingerprint density at radius 2 is 0.923 bits per heavy atom. The average molecular weight is 590 g/mol.